The molecule has 150 valence electrons. The second-order valence-electron chi connectivity index (χ2n) is 7.71. The number of hydrogen-bond donors (Lipinski definition) is 0. The molecule has 8 nitrogen and oxygen atoms in total. The Morgan fingerprint density at radius 3 is 2.33 bits per heavy atom. The van der Waals surface area contributed by atoms with Crippen LogP contribution in [0.3, 0.4) is 0 Å². The standard InChI is InChI=1S/C22H16N2O6/c25-20-18-12-7-8-13(9-12)19(18)21(26)23(20)15-4-2-6-17(11-15)30-22(27)14-3-1-5-16(10-14)24(28)29/h1-8,10-13,18-19H,9H2/t12-,13-,18-,19+/m0/s1. The molecule has 2 amide bonds. The summed E-state index contributed by atoms with van der Waals surface area (Å²) in [6.07, 6.45) is 4.90. The lowest BCUT2D eigenvalue weighted by Gasteiger charge is -2.18. The number of ether oxygens (including phenoxy) is 1. The number of carbonyl (C=O) groups excluding carboxylic acids is 3. The van der Waals surface area contributed by atoms with Crippen LogP contribution >= 0.6 is 0 Å². The lowest BCUT2D eigenvalue weighted by atomic mass is 9.85. The number of nitro benzene ring substituents is 1. The van der Waals surface area contributed by atoms with Gasteiger partial charge in [0.25, 0.3) is 5.69 Å². The minimum absolute atomic E-state index is 0.0279. The van der Waals surface area contributed by atoms with Gasteiger partial charge >= 0.3 is 5.97 Å². The van der Waals surface area contributed by atoms with Crippen molar-refractivity contribution in [1.82, 2.24) is 0 Å². The number of hydrogen-bond acceptors (Lipinski definition) is 6. The molecule has 30 heavy (non-hydrogen) atoms. The normalized spacial score (nSPS) is 26.2. The Morgan fingerprint density at radius 1 is 1.00 bits per heavy atom. The molecular formula is C22H16N2O6. The lowest BCUT2D eigenvalue weighted by molar-refractivity contribution is -0.384. The summed E-state index contributed by atoms with van der Waals surface area (Å²) < 4.78 is 5.33. The van der Waals surface area contributed by atoms with Crippen LogP contribution in [-0.2, 0) is 9.59 Å². The van der Waals surface area contributed by atoms with Crippen molar-refractivity contribution >= 4 is 29.2 Å². The molecule has 2 aromatic rings. The Balaban J connectivity index is 1.38. The summed E-state index contributed by atoms with van der Waals surface area (Å²) in [5.41, 5.74) is 0.157. The van der Waals surface area contributed by atoms with Gasteiger partial charge < -0.3 is 4.74 Å². The van der Waals surface area contributed by atoms with E-state index in [2.05, 4.69) is 0 Å². The molecule has 8 heteroatoms. The summed E-state index contributed by atoms with van der Waals surface area (Å²) in [6.45, 7) is 0. The van der Waals surface area contributed by atoms with E-state index in [0.717, 1.165) is 12.5 Å². The fourth-order valence-corrected chi connectivity index (χ4v) is 4.76. The largest absolute Gasteiger partial charge is 0.423 e. The second kappa shape index (κ2) is 6.62. The van der Waals surface area contributed by atoms with Crippen LogP contribution in [0.5, 0.6) is 5.75 Å². The highest BCUT2D eigenvalue weighted by atomic mass is 16.6. The van der Waals surface area contributed by atoms with Gasteiger partial charge in [0.1, 0.15) is 5.75 Å². The number of rotatable bonds is 4. The molecule has 0 radical (unpaired) electrons. The molecule has 2 bridgehead atoms. The van der Waals surface area contributed by atoms with Crippen LogP contribution in [-0.4, -0.2) is 22.7 Å². The fraction of sp³-hybridized carbons (Fsp3) is 0.227. The van der Waals surface area contributed by atoms with Crippen LogP contribution in [0.15, 0.2) is 60.7 Å². The van der Waals surface area contributed by atoms with Gasteiger partial charge in [-0.05, 0) is 36.5 Å². The number of anilines is 1. The average Bonchev–Trinajstić information content (AvgIpc) is 3.42. The van der Waals surface area contributed by atoms with Gasteiger partial charge in [0.2, 0.25) is 11.8 Å². The van der Waals surface area contributed by atoms with E-state index in [-0.39, 0.29) is 52.5 Å². The highest BCUT2D eigenvalue weighted by Gasteiger charge is 2.59. The second-order valence-corrected chi connectivity index (χ2v) is 7.71. The van der Waals surface area contributed by atoms with Crippen molar-refractivity contribution in [3.05, 3.63) is 76.4 Å². The summed E-state index contributed by atoms with van der Waals surface area (Å²) in [4.78, 5) is 49.8. The van der Waals surface area contributed by atoms with Gasteiger partial charge in [0.05, 0.1) is 28.0 Å². The van der Waals surface area contributed by atoms with Gasteiger partial charge in [-0.1, -0.05) is 24.3 Å². The molecule has 2 aromatic carbocycles. The molecule has 0 unspecified atom stereocenters. The number of nitro groups is 1. The Bertz CT molecular complexity index is 1110. The molecule has 2 fully saturated rings. The number of fused-ring (bicyclic) bond motifs is 5. The zero-order valence-corrected chi connectivity index (χ0v) is 15.6. The lowest BCUT2D eigenvalue weighted by Crippen LogP contribution is -2.32. The summed E-state index contributed by atoms with van der Waals surface area (Å²) in [5, 5.41) is 10.9. The molecule has 1 aliphatic heterocycles. The number of amides is 2. The first-order valence-corrected chi connectivity index (χ1v) is 9.57. The smallest absolute Gasteiger partial charge is 0.343 e. The highest BCUT2D eigenvalue weighted by molar-refractivity contribution is 6.22. The maximum atomic E-state index is 12.9. The maximum Gasteiger partial charge on any atom is 0.343 e. The van der Waals surface area contributed by atoms with Crippen molar-refractivity contribution in [2.45, 2.75) is 6.42 Å². The van der Waals surface area contributed by atoms with E-state index in [1.165, 1.54) is 35.2 Å². The number of non-ortho nitro benzene ring substituents is 1. The predicted octanol–water partition coefficient (Wildman–Crippen LogP) is 3.13. The Morgan fingerprint density at radius 2 is 1.67 bits per heavy atom. The first kappa shape index (κ1) is 18.2. The van der Waals surface area contributed by atoms with E-state index in [9.17, 15) is 24.5 Å². The maximum absolute atomic E-state index is 12.9. The molecule has 0 aromatic heterocycles. The van der Waals surface area contributed by atoms with E-state index in [0.29, 0.717) is 5.69 Å². The summed E-state index contributed by atoms with van der Waals surface area (Å²) in [7, 11) is 0. The molecule has 4 atom stereocenters. The molecule has 2 aliphatic carbocycles. The van der Waals surface area contributed by atoms with Crippen molar-refractivity contribution in [2.75, 3.05) is 4.90 Å². The molecule has 1 saturated heterocycles. The van der Waals surface area contributed by atoms with Crippen molar-refractivity contribution in [3.63, 3.8) is 0 Å². The zero-order valence-electron chi connectivity index (χ0n) is 15.6. The van der Waals surface area contributed by atoms with Gasteiger partial charge in [-0.25, -0.2) is 9.69 Å². The minimum Gasteiger partial charge on any atom is -0.423 e. The van der Waals surface area contributed by atoms with Crippen LogP contribution in [0.4, 0.5) is 11.4 Å². The molecule has 3 aliphatic rings. The summed E-state index contributed by atoms with van der Waals surface area (Å²) in [5.74, 6) is -1.48. The van der Waals surface area contributed by atoms with Gasteiger partial charge in [-0.2, -0.15) is 0 Å². The van der Waals surface area contributed by atoms with Crippen molar-refractivity contribution in [1.29, 1.82) is 0 Å². The first-order valence-electron chi connectivity index (χ1n) is 9.57. The Kier molecular flexibility index (Phi) is 4.02. The van der Waals surface area contributed by atoms with Gasteiger partial charge in [0, 0.05) is 18.2 Å². The molecule has 0 N–H and O–H groups in total. The third-order valence-electron chi connectivity index (χ3n) is 6.05. The van der Waals surface area contributed by atoms with Crippen LogP contribution in [0.25, 0.3) is 0 Å². The number of carbonyl (C=O) groups is 3. The van der Waals surface area contributed by atoms with Crippen molar-refractivity contribution in [2.24, 2.45) is 23.7 Å². The number of nitrogens with zero attached hydrogens (tertiary/aromatic N) is 2. The fourth-order valence-electron chi connectivity index (χ4n) is 4.76. The summed E-state index contributed by atoms with van der Waals surface area (Å²) >= 11 is 0. The number of imide groups is 1. The third kappa shape index (κ3) is 2.72. The zero-order chi connectivity index (χ0) is 21.0. The number of allylic oxidation sites excluding steroid dienone is 2. The predicted molar refractivity (Wildman–Crippen MR) is 105 cm³/mol. The molecule has 5 rings (SSSR count). The molecule has 1 saturated carbocycles. The van der Waals surface area contributed by atoms with E-state index >= 15 is 0 Å². The van der Waals surface area contributed by atoms with Crippen LogP contribution in [0.1, 0.15) is 16.8 Å². The van der Waals surface area contributed by atoms with Crippen LogP contribution in [0.2, 0.25) is 0 Å². The highest BCUT2D eigenvalue weighted by Crippen LogP contribution is 2.53. The van der Waals surface area contributed by atoms with E-state index < -0.39 is 10.9 Å². The minimum atomic E-state index is -0.769. The van der Waals surface area contributed by atoms with E-state index in [1.54, 1.807) is 12.1 Å². The Hall–Kier alpha value is -3.81. The van der Waals surface area contributed by atoms with Crippen molar-refractivity contribution < 1.29 is 24.0 Å². The van der Waals surface area contributed by atoms with Crippen LogP contribution < -0.4 is 9.64 Å². The van der Waals surface area contributed by atoms with Crippen LogP contribution in [0, 0.1) is 33.8 Å². The molecule has 0 spiro atoms. The number of benzene rings is 2. The first-order chi connectivity index (χ1) is 14.4. The van der Waals surface area contributed by atoms with E-state index in [1.807, 2.05) is 12.2 Å². The SMILES string of the molecule is O=C(Oc1cccc(N2C(=O)[C@@H]3[C@H](C2=O)[C@H]2C=C[C@H]3C2)c1)c1cccc([N+](=O)[O-])c1. The number of esters is 1. The summed E-state index contributed by atoms with van der Waals surface area (Å²) in [6, 6.07) is 11.4. The average molecular weight is 404 g/mol. The van der Waals surface area contributed by atoms with E-state index in [4.69, 9.17) is 4.74 Å². The Labute approximate surface area is 170 Å². The van der Waals surface area contributed by atoms with Gasteiger partial charge in [0.15, 0.2) is 0 Å². The quantitative estimate of drug-likeness (QED) is 0.194. The monoisotopic (exact) mass is 404 g/mol. The van der Waals surface area contributed by atoms with Crippen molar-refractivity contribution in [3.8, 4) is 5.75 Å². The van der Waals surface area contributed by atoms with Gasteiger partial charge in [-0.15, -0.1) is 0 Å². The third-order valence-corrected chi connectivity index (χ3v) is 6.05. The topological polar surface area (TPSA) is 107 Å². The molecular weight excluding hydrogens is 388 g/mol. The molecule has 1 heterocycles. The van der Waals surface area contributed by atoms with Gasteiger partial charge in [-0.3, -0.25) is 19.7 Å².